The van der Waals surface area contributed by atoms with E-state index in [1.165, 1.54) is 13.1 Å². The van der Waals surface area contributed by atoms with Gasteiger partial charge in [0.15, 0.2) is 0 Å². The van der Waals surface area contributed by atoms with E-state index in [1.54, 1.807) is 0 Å². The first kappa shape index (κ1) is 11.3. The van der Waals surface area contributed by atoms with Crippen LogP contribution in [0.4, 0.5) is 5.82 Å². The molecule has 1 rings (SSSR count). The molecule has 0 aliphatic heterocycles. The second-order valence-corrected chi connectivity index (χ2v) is 2.99. The molecular weight excluding hydrogens is 216 g/mol. The number of nitrogens with two attached hydrogens (primary N) is 1. The van der Waals surface area contributed by atoms with E-state index in [2.05, 4.69) is 27.1 Å². The largest absolute Gasteiger partial charge is 0.383 e. The first-order valence-corrected chi connectivity index (χ1v) is 4.48. The number of amides is 1. The molecule has 0 aromatic carbocycles. The van der Waals surface area contributed by atoms with Crippen LogP contribution in [0.25, 0.3) is 0 Å². The van der Waals surface area contributed by atoms with Gasteiger partial charge in [-0.15, -0.1) is 0 Å². The van der Waals surface area contributed by atoms with Crippen molar-refractivity contribution in [2.75, 3.05) is 12.3 Å². The van der Waals surface area contributed by atoms with Crippen LogP contribution in [0, 0.1) is 11.8 Å². The van der Waals surface area contributed by atoms with Crippen LogP contribution in [0.1, 0.15) is 12.5 Å². The number of hydrogen-bond donors (Lipinski definition) is 2. The summed E-state index contributed by atoms with van der Waals surface area (Å²) in [4.78, 5) is 18.0. The van der Waals surface area contributed by atoms with Crippen molar-refractivity contribution in [3.8, 4) is 11.8 Å². The van der Waals surface area contributed by atoms with Gasteiger partial charge in [0.05, 0.1) is 12.1 Å². The summed E-state index contributed by atoms with van der Waals surface area (Å²) in [6.07, 6.45) is 1.44. The van der Waals surface area contributed by atoms with Gasteiger partial charge in [0, 0.05) is 13.1 Å². The minimum absolute atomic E-state index is 0.0833. The molecule has 0 fully saturated rings. The summed E-state index contributed by atoms with van der Waals surface area (Å²) in [5.74, 6) is 5.52. The summed E-state index contributed by atoms with van der Waals surface area (Å²) in [6, 6.07) is 0. The van der Waals surface area contributed by atoms with Crippen LogP contribution in [-0.4, -0.2) is 22.4 Å². The predicted molar refractivity (Wildman–Crippen MR) is 57.0 cm³/mol. The lowest BCUT2D eigenvalue weighted by atomic mass is 10.3. The summed E-state index contributed by atoms with van der Waals surface area (Å²) >= 11 is 5.51. The number of hydrogen-bond acceptors (Lipinski definition) is 4. The highest BCUT2D eigenvalue weighted by Crippen LogP contribution is 2.08. The highest BCUT2D eigenvalue weighted by atomic mass is 35.5. The minimum Gasteiger partial charge on any atom is -0.383 e. The van der Waals surface area contributed by atoms with Gasteiger partial charge in [0.2, 0.25) is 11.2 Å². The second kappa shape index (κ2) is 5.17. The molecular formula is C9H9ClN4O. The number of aromatic nitrogens is 2. The predicted octanol–water partition coefficient (Wildman–Crippen LogP) is 0.200. The van der Waals surface area contributed by atoms with Crippen LogP contribution in [0.3, 0.4) is 0 Å². The fourth-order valence-corrected chi connectivity index (χ4v) is 0.917. The number of halogens is 1. The smallest absolute Gasteiger partial charge is 0.224 e. The molecule has 0 unspecified atom stereocenters. The molecule has 0 saturated carbocycles. The van der Waals surface area contributed by atoms with Gasteiger partial charge in [-0.25, -0.2) is 4.98 Å². The molecule has 0 aliphatic rings. The Bertz CT molecular complexity index is 435. The van der Waals surface area contributed by atoms with Crippen molar-refractivity contribution < 1.29 is 4.79 Å². The number of nitrogen functional groups attached to an aromatic ring is 1. The lowest BCUT2D eigenvalue weighted by molar-refractivity contribution is -0.118. The maximum atomic E-state index is 10.5. The first-order chi connectivity index (χ1) is 7.09. The Morgan fingerprint density at radius 1 is 1.73 bits per heavy atom. The Hall–Kier alpha value is -1.80. The van der Waals surface area contributed by atoms with Crippen LogP contribution < -0.4 is 11.1 Å². The van der Waals surface area contributed by atoms with Crippen LogP contribution in [0.15, 0.2) is 6.20 Å². The molecule has 0 bridgehead atoms. The molecule has 0 atom stereocenters. The molecule has 0 saturated heterocycles. The summed E-state index contributed by atoms with van der Waals surface area (Å²) < 4.78 is 0. The highest BCUT2D eigenvalue weighted by Gasteiger charge is 1.98. The minimum atomic E-state index is -0.135. The monoisotopic (exact) mass is 224 g/mol. The van der Waals surface area contributed by atoms with Crippen molar-refractivity contribution in [2.24, 2.45) is 0 Å². The summed E-state index contributed by atoms with van der Waals surface area (Å²) in [7, 11) is 0. The Morgan fingerprint density at radius 2 is 2.47 bits per heavy atom. The Labute approximate surface area is 92.0 Å². The van der Waals surface area contributed by atoms with Gasteiger partial charge in [-0.05, 0) is 11.6 Å². The molecule has 3 N–H and O–H groups in total. The van der Waals surface area contributed by atoms with Crippen molar-refractivity contribution in [3.05, 3.63) is 17.0 Å². The van der Waals surface area contributed by atoms with Crippen LogP contribution in [-0.2, 0) is 4.79 Å². The maximum absolute atomic E-state index is 10.5. The molecule has 5 nitrogen and oxygen atoms in total. The van der Waals surface area contributed by atoms with Gasteiger partial charge in [-0.1, -0.05) is 11.8 Å². The highest BCUT2D eigenvalue weighted by molar-refractivity contribution is 6.28. The number of rotatable bonds is 1. The fourth-order valence-electron chi connectivity index (χ4n) is 0.777. The van der Waals surface area contributed by atoms with Crippen molar-refractivity contribution >= 4 is 23.3 Å². The van der Waals surface area contributed by atoms with E-state index in [0.29, 0.717) is 5.56 Å². The fraction of sp³-hybridized carbons (Fsp3) is 0.222. The van der Waals surface area contributed by atoms with Gasteiger partial charge < -0.3 is 11.1 Å². The van der Waals surface area contributed by atoms with Crippen LogP contribution in [0.5, 0.6) is 0 Å². The van der Waals surface area contributed by atoms with Gasteiger partial charge in [0.25, 0.3) is 0 Å². The normalized spacial score (nSPS) is 8.93. The van der Waals surface area contributed by atoms with Crippen molar-refractivity contribution in [1.82, 2.24) is 15.3 Å². The quantitative estimate of drug-likeness (QED) is 0.528. The van der Waals surface area contributed by atoms with Gasteiger partial charge in [-0.2, -0.15) is 4.98 Å². The van der Waals surface area contributed by atoms with Crippen LogP contribution in [0.2, 0.25) is 5.28 Å². The lowest BCUT2D eigenvalue weighted by Crippen LogP contribution is -2.19. The molecule has 0 radical (unpaired) electrons. The zero-order valence-corrected chi connectivity index (χ0v) is 8.80. The first-order valence-electron chi connectivity index (χ1n) is 4.11. The van der Waals surface area contributed by atoms with Crippen LogP contribution >= 0.6 is 11.6 Å². The van der Waals surface area contributed by atoms with E-state index in [0.717, 1.165) is 0 Å². The standard InChI is InChI=1S/C9H9ClN4O/c1-6(15)12-4-2-3-7-5-13-9(10)14-8(7)11/h5H,4H2,1H3,(H,12,15)(H2,11,13,14). The third-order valence-corrected chi connectivity index (χ3v) is 1.62. The zero-order chi connectivity index (χ0) is 11.3. The van der Waals surface area contributed by atoms with E-state index in [1.807, 2.05) is 0 Å². The second-order valence-electron chi connectivity index (χ2n) is 2.65. The van der Waals surface area contributed by atoms with Crippen molar-refractivity contribution in [1.29, 1.82) is 0 Å². The van der Waals surface area contributed by atoms with Gasteiger partial charge in [-0.3, -0.25) is 4.79 Å². The topological polar surface area (TPSA) is 80.9 Å². The number of nitrogens with one attached hydrogen (secondary N) is 1. The molecule has 0 aliphatic carbocycles. The molecule has 6 heteroatoms. The van der Waals surface area contributed by atoms with Gasteiger partial charge >= 0.3 is 0 Å². The van der Waals surface area contributed by atoms with Crippen molar-refractivity contribution in [3.63, 3.8) is 0 Å². The molecule has 1 aromatic rings. The van der Waals surface area contributed by atoms with E-state index in [-0.39, 0.29) is 23.6 Å². The van der Waals surface area contributed by atoms with E-state index in [9.17, 15) is 4.79 Å². The molecule has 1 heterocycles. The number of nitrogens with zero attached hydrogens (tertiary/aromatic N) is 2. The Morgan fingerprint density at radius 3 is 3.07 bits per heavy atom. The number of carbonyl (C=O) groups is 1. The van der Waals surface area contributed by atoms with E-state index >= 15 is 0 Å². The molecule has 15 heavy (non-hydrogen) atoms. The molecule has 78 valence electrons. The Balaban J connectivity index is 2.67. The zero-order valence-electron chi connectivity index (χ0n) is 8.04. The average Bonchev–Trinajstić information content (AvgIpc) is 2.14. The van der Waals surface area contributed by atoms with Gasteiger partial charge in [0.1, 0.15) is 5.82 Å². The summed E-state index contributed by atoms with van der Waals surface area (Å²) in [6.45, 7) is 1.68. The maximum Gasteiger partial charge on any atom is 0.224 e. The average molecular weight is 225 g/mol. The van der Waals surface area contributed by atoms with E-state index in [4.69, 9.17) is 17.3 Å². The number of carbonyl (C=O) groups excluding carboxylic acids is 1. The van der Waals surface area contributed by atoms with Crippen molar-refractivity contribution in [2.45, 2.75) is 6.92 Å². The lowest BCUT2D eigenvalue weighted by Gasteiger charge is -1.96. The third-order valence-electron chi connectivity index (χ3n) is 1.44. The molecule has 0 spiro atoms. The third kappa shape index (κ3) is 3.83. The summed E-state index contributed by atoms with van der Waals surface area (Å²) in [5, 5.41) is 2.61. The summed E-state index contributed by atoms with van der Waals surface area (Å²) in [5.41, 5.74) is 6.03. The molecule has 1 amide bonds. The SMILES string of the molecule is CC(=O)NCC#Cc1cnc(Cl)nc1N. The number of anilines is 1. The Kier molecular flexibility index (Phi) is 3.89. The molecule has 1 aromatic heterocycles. The van der Waals surface area contributed by atoms with E-state index < -0.39 is 0 Å².